The van der Waals surface area contributed by atoms with Gasteiger partial charge in [-0.05, 0) is 6.92 Å². The van der Waals surface area contributed by atoms with Crippen molar-refractivity contribution in [1.82, 2.24) is 0 Å². The molecule has 0 spiro atoms. The van der Waals surface area contributed by atoms with Crippen LogP contribution in [-0.2, 0) is 4.99 Å². The molecule has 11 heavy (non-hydrogen) atoms. The first-order valence-corrected chi connectivity index (χ1v) is 3.13. The van der Waals surface area contributed by atoms with Crippen LogP contribution in [0.4, 0.5) is 5.69 Å². The molecule has 0 saturated heterocycles. The average Bonchev–Trinajstić information content (AvgIpc) is 2.05. The lowest BCUT2D eigenvalue weighted by Crippen LogP contribution is -1.97. The van der Waals surface area contributed by atoms with Gasteiger partial charge in [0.2, 0.25) is 0 Å². The van der Waals surface area contributed by atoms with Gasteiger partial charge in [0.1, 0.15) is 0 Å². The van der Waals surface area contributed by atoms with Crippen LogP contribution in [0.1, 0.15) is 5.56 Å². The number of aryl methyl sites for hydroxylation is 1. The average molecular weight is 153 g/mol. The van der Waals surface area contributed by atoms with Gasteiger partial charge in [-0.15, -0.1) is 5.26 Å². The Kier molecular flexibility index (Phi) is 2.18. The molecule has 0 radical (unpaired) electrons. The van der Waals surface area contributed by atoms with E-state index in [9.17, 15) is 0 Å². The number of nitrogens with one attached hydrogen (secondary N) is 1. The predicted molar refractivity (Wildman–Crippen MR) is 37.5 cm³/mol. The van der Waals surface area contributed by atoms with Gasteiger partial charge in [-0.25, -0.2) is 0 Å². The summed E-state index contributed by atoms with van der Waals surface area (Å²) in [5.41, 5.74) is 8.58. The molecule has 0 aliphatic heterocycles. The Labute approximate surface area is 64.0 Å². The maximum atomic E-state index is 8.10. The molecule has 0 fully saturated rings. The van der Waals surface area contributed by atoms with E-state index in [1.165, 1.54) is 0 Å². The first-order valence-electron chi connectivity index (χ1n) is 3.13. The molecule has 1 aromatic carbocycles. The fraction of sp³-hybridized carbons (Fsp3) is 0.143. The largest absolute Gasteiger partial charge is 0.292 e. The molecule has 0 aliphatic carbocycles. The Bertz CT molecular complexity index is 256. The van der Waals surface area contributed by atoms with Crippen LogP contribution in [0.2, 0.25) is 0 Å². The summed E-state index contributed by atoms with van der Waals surface area (Å²) in [6.45, 7) is 1.94. The van der Waals surface area contributed by atoms with Gasteiger partial charge in [0.15, 0.2) is 4.86 Å². The van der Waals surface area contributed by atoms with E-state index in [1.54, 1.807) is 12.1 Å². The Morgan fingerprint density at radius 1 is 1.36 bits per heavy atom. The van der Waals surface area contributed by atoms with E-state index < -0.39 is 0 Å². The third-order valence-corrected chi connectivity index (χ3v) is 1.35. The summed E-state index contributed by atoms with van der Waals surface area (Å²) in [6.07, 6.45) is 0. The molecule has 4 heteroatoms. The number of nitrogens with zero attached hydrogens (tertiary/aromatic N) is 1. The zero-order chi connectivity index (χ0) is 8.27. The zero-order valence-electron chi connectivity index (χ0n) is 6.11. The van der Waals surface area contributed by atoms with Crippen LogP contribution in [0.3, 0.4) is 0 Å². The molecule has 0 bridgehead atoms. The second-order valence-electron chi connectivity index (χ2n) is 2.21. The number of hydrogen-bond acceptors (Lipinski definition) is 3. The summed E-state index contributed by atoms with van der Waals surface area (Å²) in [7, 11) is 0. The molecule has 0 saturated carbocycles. The van der Waals surface area contributed by atoms with E-state index in [0.717, 1.165) is 5.56 Å². The summed E-state index contributed by atoms with van der Waals surface area (Å²) < 4.78 is 0. The normalized spacial score (nSPS) is 9.27. The second kappa shape index (κ2) is 3.12. The van der Waals surface area contributed by atoms with Gasteiger partial charge in [0, 0.05) is 17.7 Å². The van der Waals surface area contributed by atoms with Crippen molar-refractivity contribution in [2.75, 3.05) is 0 Å². The van der Waals surface area contributed by atoms with Crippen molar-refractivity contribution in [2.45, 2.75) is 6.92 Å². The van der Waals surface area contributed by atoms with Gasteiger partial charge in [-0.2, -0.15) is 0 Å². The third-order valence-electron chi connectivity index (χ3n) is 1.35. The van der Waals surface area contributed by atoms with Crippen LogP contribution in [0.25, 0.3) is 0 Å². The van der Waals surface area contributed by atoms with Gasteiger partial charge in [0.05, 0.1) is 0 Å². The van der Waals surface area contributed by atoms with Crippen molar-refractivity contribution >= 4 is 5.69 Å². The van der Waals surface area contributed by atoms with Crippen LogP contribution in [-0.4, -0.2) is 10.1 Å². The van der Waals surface area contributed by atoms with Crippen LogP contribution in [0, 0.1) is 12.5 Å². The van der Waals surface area contributed by atoms with Gasteiger partial charge < -0.3 is 0 Å². The minimum absolute atomic E-state index is 0.484. The first-order chi connectivity index (χ1) is 5.24. The zero-order valence-corrected chi connectivity index (χ0v) is 6.11. The lowest BCUT2D eigenvalue weighted by Gasteiger charge is -1.90. The van der Waals surface area contributed by atoms with Crippen LogP contribution >= 0.6 is 0 Å². The van der Waals surface area contributed by atoms with Crippen molar-refractivity contribution in [3.63, 3.8) is 0 Å². The molecule has 4 nitrogen and oxygen atoms in total. The molecule has 2 N–H and O–H groups in total. The van der Waals surface area contributed by atoms with E-state index in [-0.39, 0.29) is 0 Å². The molecule has 58 valence electrons. The topological polar surface area (TPSA) is 56.3 Å². The highest BCUT2D eigenvalue weighted by molar-refractivity contribution is 5.31. The van der Waals surface area contributed by atoms with Crippen molar-refractivity contribution in [1.29, 1.82) is 5.53 Å². The van der Waals surface area contributed by atoms with Crippen LogP contribution in [0.5, 0.6) is 0 Å². The van der Waals surface area contributed by atoms with Crippen LogP contribution < -0.4 is 0 Å². The van der Waals surface area contributed by atoms with Gasteiger partial charge in [-0.1, -0.05) is 22.7 Å². The molecule has 0 heterocycles. The van der Waals surface area contributed by atoms with Crippen molar-refractivity contribution in [3.05, 3.63) is 29.8 Å². The highest BCUT2D eigenvalue weighted by Crippen LogP contribution is 2.11. The molecule has 1 rings (SSSR count). The van der Waals surface area contributed by atoms with Gasteiger partial charge >= 0.3 is 0 Å². The summed E-state index contributed by atoms with van der Waals surface area (Å²) in [6, 6.07) is 7.02. The number of rotatable bonds is 2. The standard InChI is InChI=1S/C7H8N2O2/c1-6-2-4-7(5-3-6)9(8)11-10/h2-5,8H,1H3/p+1. The minimum Gasteiger partial charge on any atom is -0.140 e. The number of benzene rings is 1. The fourth-order valence-electron chi connectivity index (χ4n) is 0.727. The van der Waals surface area contributed by atoms with Crippen molar-refractivity contribution < 1.29 is 15.1 Å². The molecule has 0 unspecified atom stereocenters. The van der Waals surface area contributed by atoms with E-state index >= 15 is 0 Å². The lowest BCUT2D eigenvalue weighted by molar-refractivity contribution is -0.875. The fourth-order valence-corrected chi connectivity index (χ4v) is 0.727. The summed E-state index contributed by atoms with van der Waals surface area (Å²) in [5.74, 6) is 0. The Morgan fingerprint density at radius 3 is 2.36 bits per heavy atom. The summed E-state index contributed by atoms with van der Waals surface area (Å²) in [5, 5.41) is 8.10. The first kappa shape index (κ1) is 7.68. The maximum Gasteiger partial charge on any atom is 0.292 e. The van der Waals surface area contributed by atoms with Crippen LogP contribution in [0.15, 0.2) is 24.3 Å². The predicted octanol–water partition coefficient (Wildman–Crippen LogP) is 2.07. The molecule has 0 amide bonds. The van der Waals surface area contributed by atoms with Crippen molar-refractivity contribution in [2.24, 2.45) is 0 Å². The Hall–Kier alpha value is -1.42. The second-order valence-corrected chi connectivity index (χ2v) is 2.21. The highest BCUT2D eigenvalue weighted by Gasteiger charge is 2.08. The molecular weight excluding hydrogens is 144 g/mol. The number of hydrogen-bond donors (Lipinski definition) is 2. The Balaban J connectivity index is 2.90. The smallest absolute Gasteiger partial charge is 0.140 e. The Morgan fingerprint density at radius 2 is 1.91 bits per heavy atom. The SMILES string of the molecule is Cc1ccc([N+](=N)OO)cc1. The van der Waals surface area contributed by atoms with Gasteiger partial charge in [0.25, 0.3) is 5.69 Å². The molecule has 0 atom stereocenters. The maximum absolute atomic E-state index is 8.10. The van der Waals surface area contributed by atoms with Crippen molar-refractivity contribution in [3.8, 4) is 0 Å². The lowest BCUT2D eigenvalue weighted by atomic mass is 10.2. The minimum atomic E-state index is 0.484. The quantitative estimate of drug-likeness (QED) is 0.296. The van der Waals surface area contributed by atoms with E-state index in [4.69, 9.17) is 10.8 Å². The molecular formula is C7H9N2O2+. The highest BCUT2D eigenvalue weighted by atomic mass is 17.2. The molecule has 1 aromatic rings. The third kappa shape index (κ3) is 1.75. The van der Waals surface area contributed by atoms with E-state index in [1.807, 2.05) is 19.1 Å². The summed E-state index contributed by atoms with van der Waals surface area (Å²) in [4.78, 5) is 4.20. The molecule has 0 aromatic heterocycles. The van der Waals surface area contributed by atoms with Gasteiger partial charge in [-0.3, -0.25) is 0 Å². The molecule has 0 aliphatic rings. The van der Waals surface area contributed by atoms with E-state index in [2.05, 4.69) is 4.99 Å². The summed E-state index contributed by atoms with van der Waals surface area (Å²) >= 11 is 0. The van der Waals surface area contributed by atoms with E-state index in [0.29, 0.717) is 10.5 Å². The monoisotopic (exact) mass is 153 g/mol.